The van der Waals surface area contributed by atoms with Gasteiger partial charge in [-0.3, -0.25) is 4.79 Å². The van der Waals surface area contributed by atoms with E-state index in [0.29, 0.717) is 0 Å². The van der Waals surface area contributed by atoms with E-state index in [4.69, 9.17) is 16.3 Å². The maximum atomic E-state index is 14.8. The Kier molecular flexibility index (Phi) is 5.21. The van der Waals surface area contributed by atoms with Gasteiger partial charge in [-0.15, -0.1) is 0 Å². The zero-order chi connectivity index (χ0) is 20.9. The SMILES string of the molecule is Cn1cc(S(=O)(=O)NC2(C)COC2)c(F)c1C(=O)Nc1ccc(F)c(Cl)c1F. The van der Waals surface area contributed by atoms with Crippen LogP contribution in [-0.2, 0) is 21.8 Å². The van der Waals surface area contributed by atoms with Crippen molar-refractivity contribution in [3.05, 3.63) is 46.5 Å². The molecular formula is C16H15ClF3N3O4S. The molecule has 2 N–H and O–H groups in total. The van der Waals surface area contributed by atoms with E-state index in [1.54, 1.807) is 6.92 Å². The molecule has 2 heterocycles. The Labute approximate surface area is 163 Å². The highest BCUT2D eigenvalue weighted by molar-refractivity contribution is 7.89. The minimum Gasteiger partial charge on any atom is -0.377 e. The van der Waals surface area contributed by atoms with Crippen LogP contribution in [0.3, 0.4) is 0 Å². The first kappa shape index (κ1) is 20.6. The fraction of sp³-hybridized carbons (Fsp3) is 0.312. The molecule has 1 fully saturated rings. The van der Waals surface area contributed by atoms with Gasteiger partial charge in [-0.05, 0) is 19.1 Å². The first-order chi connectivity index (χ1) is 12.9. The number of benzene rings is 1. The number of halogens is 4. The molecule has 1 aromatic heterocycles. The van der Waals surface area contributed by atoms with Crippen LogP contribution in [0.15, 0.2) is 23.2 Å². The summed E-state index contributed by atoms with van der Waals surface area (Å²) in [6.07, 6.45) is 0.920. The fourth-order valence-corrected chi connectivity index (χ4v) is 4.34. The zero-order valence-corrected chi connectivity index (χ0v) is 16.2. The van der Waals surface area contributed by atoms with Crippen LogP contribution in [0.4, 0.5) is 18.9 Å². The summed E-state index contributed by atoms with van der Waals surface area (Å²) in [5.74, 6) is -4.72. The van der Waals surface area contributed by atoms with Crippen LogP contribution in [0.1, 0.15) is 17.4 Å². The van der Waals surface area contributed by atoms with Gasteiger partial charge in [-0.1, -0.05) is 11.6 Å². The summed E-state index contributed by atoms with van der Waals surface area (Å²) in [6, 6.07) is 1.73. The molecule has 12 heteroatoms. The lowest BCUT2D eigenvalue weighted by Gasteiger charge is -2.38. The number of ether oxygens (including phenoxy) is 1. The van der Waals surface area contributed by atoms with Crippen LogP contribution in [0.2, 0.25) is 5.02 Å². The number of hydrogen-bond acceptors (Lipinski definition) is 4. The van der Waals surface area contributed by atoms with Crippen molar-refractivity contribution in [2.24, 2.45) is 7.05 Å². The van der Waals surface area contributed by atoms with Crippen molar-refractivity contribution in [1.29, 1.82) is 0 Å². The monoisotopic (exact) mass is 437 g/mol. The van der Waals surface area contributed by atoms with Crippen LogP contribution < -0.4 is 10.0 Å². The molecule has 0 saturated carbocycles. The summed E-state index contributed by atoms with van der Waals surface area (Å²) < 4.78 is 75.1. The Morgan fingerprint density at radius 2 is 1.89 bits per heavy atom. The number of sulfonamides is 1. The smallest absolute Gasteiger partial charge is 0.275 e. The molecular weight excluding hydrogens is 423 g/mol. The van der Waals surface area contributed by atoms with Gasteiger partial charge >= 0.3 is 0 Å². The van der Waals surface area contributed by atoms with E-state index in [2.05, 4.69) is 10.0 Å². The number of rotatable bonds is 5. The fourth-order valence-electron chi connectivity index (χ4n) is 2.67. The van der Waals surface area contributed by atoms with Crippen molar-refractivity contribution >= 4 is 33.2 Å². The quantitative estimate of drug-likeness (QED) is 0.703. The first-order valence-electron chi connectivity index (χ1n) is 7.86. The van der Waals surface area contributed by atoms with Gasteiger partial charge in [0.1, 0.15) is 21.4 Å². The molecule has 0 aliphatic carbocycles. The van der Waals surface area contributed by atoms with E-state index in [9.17, 15) is 26.4 Å². The number of carbonyl (C=O) groups is 1. The van der Waals surface area contributed by atoms with Gasteiger partial charge in [0.25, 0.3) is 5.91 Å². The van der Waals surface area contributed by atoms with Crippen molar-refractivity contribution in [1.82, 2.24) is 9.29 Å². The van der Waals surface area contributed by atoms with E-state index < -0.39 is 60.2 Å². The van der Waals surface area contributed by atoms with Gasteiger partial charge in [0.2, 0.25) is 10.0 Å². The van der Waals surface area contributed by atoms with E-state index >= 15 is 0 Å². The third kappa shape index (κ3) is 3.62. The standard InChI is InChI=1S/C16H15ClF3N3O4S/c1-16(6-27-7-16)22-28(25,26)10-5-23(2)14(13(10)20)15(24)21-9-4-3-8(18)11(17)12(9)19/h3-5,22H,6-7H2,1-2H3,(H,21,24). The molecule has 1 amide bonds. The van der Waals surface area contributed by atoms with Crippen molar-refractivity contribution in [2.75, 3.05) is 18.5 Å². The molecule has 0 atom stereocenters. The summed E-state index contributed by atoms with van der Waals surface area (Å²) in [4.78, 5) is 11.6. The highest BCUT2D eigenvalue weighted by Gasteiger charge is 2.40. The summed E-state index contributed by atoms with van der Waals surface area (Å²) in [6.45, 7) is 1.83. The number of hydrogen-bond donors (Lipinski definition) is 2. The maximum Gasteiger partial charge on any atom is 0.275 e. The van der Waals surface area contributed by atoms with E-state index in [1.165, 1.54) is 7.05 Å². The second-order valence-corrected chi connectivity index (χ2v) is 8.63. The Balaban J connectivity index is 1.91. The van der Waals surface area contributed by atoms with Crippen molar-refractivity contribution < 1.29 is 31.1 Å². The summed E-state index contributed by atoms with van der Waals surface area (Å²) in [5.41, 5.74) is -2.02. The topological polar surface area (TPSA) is 89.4 Å². The molecule has 0 bridgehead atoms. The number of nitrogens with one attached hydrogen (secondary N) is 2. The second kappa shape index (κ2) is 7.07. The molecule has 152 valence electrons. The largest absolute Gasteiger partial charge is 0.377 e. The van der Waals surface area contributed by atoms with Gasteiger partial charge in [-0.2, -0.15) is 0 Å². The average Bonchev–Trinajstić information content (AvgIpc) is 2.89. The lowest BCUT2D eigenvalue weighted by molar-refractivity contribution is -0.0523. The molecule has 0 spiro atoms. The van der Waals surface area contributed by atoms with Gasteiger partial charge in [0, 0.05) is 13.2 Å². The van der Waals surface area contributed by atoms with E-state index in [1.807, 2.05) is 0 Å². The molecule has 3 rings (SSSR count). The van der Waals surface area contributed by atoms with Crippen LogP contribution >= 0.6 is 11.6 Å². The van der Waals surface area contributed by atoms with Gasteiger partial charge in [-0.25, -0.2) is 26.3 Å². The molecule has 28 heavy (non-hydrogen) atoms. The van der Waals surface area contributed by atoms with Crippen molar-refractivity contribution in [3.63, 3.8) is 0 Å². The van der Waals surface area contributed by atoms with E-state index in [0.717, 1.165) is 22.9 Å². The number of aromatic nitrogens is 1. The second-order valence-electron chi connectivity index (χ2n) is 6.60. The van der Waals surface area contributed by atoms with Gasteiger partial charge in [0.05, 0.1) is 24.4 Å². The molecule has 0 radical (unpaired) electrons. The molecule has 1 saturated heterocycles. The minimum atomic E-state index is -4.29. The Hall–Kier alpha value is -2.08. The highest BCUT2D eigenvalue weighted by Crippen LogP contribution is 2.28. The Morgan fingerprint density at radius 3 is 2.46 bits per heavy atom. The van der Waals surface area contributed by atoms with Gasteiger partial charge in [0.15, 0.2) is 11.6 Å². The predicted octanol–water partition coefficient (Wildman–Crippen LogP) is 2.42. The van der Waals surface area contributed by atoms with E-state index in [-0.39, 0.29) is 13.2 Å². The highest BCUT2D eigenvalue weighted by atomic mass is 35.5. The third-order valence-corrected chi connectivity index (χ3v) is 6.07. The van der Waals surface area contributed by atoms with Crippen LogP contribution in [0, 0.1) is 17.5 Å². The molecule has 2 aromatic rings. The van der Waals surface area contributed by atoms with Crippen molar-refractivity contribution in [3.8, 4) is 0 Å². The lowest BCUT2D eigenvalue weighted by Crippen LogP contribution is -2.59. The summed E-state index contributed by atoms with van der Waals surface area (Å²) >= 11 is 5.44. The summed E-state index contributed by atoms with van der Waals surface area (Å²) in [7, 11) is -3.04. The normalized spacial score (nSPS) is 15.9. The maximum absolute atomic E-state index is 14.8. The Bertz CT molecular complexity index is 1070. The van der Waals surface area contributed by atoms with Crippen LogP contribution in [0.5, 0.6) is 0 Å². The van der Waals surface area contributed by atoms with Crippen LogP contribution in [0.25, 0.3) is 0 Å². The Morgan fingerprint density at radius 1 is 1.25 bits per heavy atom. The third-order valence-electron chi connectivity index (χ3n) is 4.10. The summed E-state index contributed by atoms with van der Waals surface area (Å²) in [5, 5.41) is 1.21. The molecule has 7 nitrogen and oxygen atoms in total. The number of carbonyl (C=O) groups excluding carboxylic acids is 1. The zero-order valence-electron chi connectivity index (χ0n) is 14.6. The van der Waals surface area contributed by atoms with Crippen LogP contribution in [-0.4, -0.2) is 37.6 Å². The molecule has 0 unspecified atom stereocenters. The first-order valence-corrected chi connectivity index (χ1v) is 9.73. The molecule has 1 aliphatic heterocycles. The molecule has 1 aromatic carbocycles. The lowest BCUT2D eigenvalue weighted by atomic mass is 10.0. The predicted molar refractivity (Wildman–Crippen MR) is 94.2 cm³/mol. The molecule has 1 aliphatic rings. The number of anilines is 1. The number of nitrogens with zero attached hydrogens (tertiary/aromatic N) is 1. The van der Waals surface area contributed by atoms with Gasteiger partial charge < -0.3 is 14.6 Å². The number of aryl methyl sites for hydroxylation is 1. The average molecular weight is 438 g/mol. The van der Waals surface area contributed by atoms with Crippen molar-refractivity contribution in [2.45, 2.75) is 17.4 Å². The minimum absolute atomic E-state index is 0.124. The number of amides is 1.